The molecule has 0 heterocycles. The highest BCUT2D eigenvalue weighted by atomic mass is 16.4. The van der Waals surface area contributed by atoms with Gasteiger partial charge in [0.25, 0.3) is 0 Å². The van der Waals surface area contributed by atoms with Crippen LogP contribution in [0.2, 0.25) is 0 Å². The molecular weight excluding hydrogens is 188 g/mol. The van der Waals surface area contributed by atoms with Crippen molar-refractivity contribution in [2.24, 2.45) is 10.9 Å². The second-order valence-corrected chi connectivity index (χ2v) is 2.60. The van der Waals surface area contributed by atoms with Gasteiger partial charge in [-0.2, -0.15) is 0 Å². The van der Waals surface area contributed by atoms with E-state index in [2.05, 4.69) is 15.8 Å². The van der Waals surface area contributed by atoms with Crippen molar-refractivity contribution in [3.63, 3.8) is 0 Å². The first-order valence-corrected chi connectivity index (χ1v) is 4.03. The molecule has 0 bridgehead atoms. The molecule has 14 heavy (non-hydrogen) atoms. The van der Waals surface area contributed by atoms with Gasteiger partial charge in [0.1, 0.15) is 5.84 Å². The Morgan fingerprint density at radius 3 is 2.43 bits per heavy atom. The lowest BCUT2D eigenvalue weighted by molar-refractivity contribution is -0.121. The number of amidine groups is 1. The Labute approximate surface area is 81.3 Å². The minimum Gasteiger partial charge on any atom is -0.409 e. The number of hydrogen-bond donors (Lipinski definition) is 4. The summed E-state index contributed by atoms with van der Waals surface area (Å²) in [5, 5.41) is 15.8. The van der Waals surface area contributed by atoms with Crippen molar-refractivity contribution in [2.45, 2.75) is 13.3 Å². The van der Waals surface area contributed by atoms with Crippen LogP contribution >= 0.6 is 0 Å². The maximum Gasteiger partial charge on any atom is 0.227 e. The van der Waals surface area contributed by atoms with Gasteiger partial charge in [-0.15, -0.1) is 0 Å². The monoisotopic (exact) mass is 202 g/mol. The molecule has 0 radical (unpaired) electrons. The normalized spacial score (nSPS) is 10.8. The molecule has 0 rings (SSSR count). The second kappa shape index (κ2) is 6.70. The largest absolute Gasteiger partial charge is 0.409 e. The first kappa shape index (κ1) is 12.2. The van der Waals surface area contributed by atoms with E-state index in [-0.39, 0.29) is 24.1 Å². The molecule has 7 heteroatoms. The van der Waals surface area contributed by atoms with Crippen LogP contribution in [0.3, 0.4) is 0 Å². The average Bonchev–Trinajstić information content (AvgIpc) is 2.12. The number of carbonyl (C=O) groups excluding carboxylic acids is 2. The van der Waals surface area contributed by atoms with E-state index in [0.717, 1.165) is 0 Å². The molecule has 80 valence electrons. The van der Waals surface area contributed by atoms with Gasteiger partial charge in [0.2, 0.25) is 11.8 Å². The van der Waals surface area contributed by atoms with E-state index in [4.69, 9.17) is 10.9 Å². The van der Waals surface area contributed by atoms with Crippen LogP contribution in [0, 0.1) is 0 Å². The third-order valence-electron chi connectivity index (χ3n) is 1.29. The zero-order chi connectivity index (χ0) is 11.0. The van der Waals surface area contributed by atoms with E-state index >= 15 is 0 Å². The molecule has 0 aromatic rings. The van der Waals surface area contributed by atoms with Crippen molar-refractivity contribution in [3.05, 3.63) is 0 Å². The summed E-state index contributed by atoms with van der Waals surface area (Å²) in [7, 11) is 0. The number of nitrogens with one attached hydrogen (secondary N) is 2. The summed E-state index contributed by atoms with van der Waals surface area (Å²) in [4.78, 5) is 21.4. The molecular formula is C7H14N4O3. The van der Waals surface area contributed by atoms with Crippen molar-refractivity contribution < 1.29 is 14.8 Å². The first-order chi connectivity index (χ1) is 6.56. The van der Waals surface area contributed by atoms with Crippen LogP contribution in [0.5, 0.6) is 0 Å². The van der Waals surface area contributed by atoms with Crippen molar-refractivity contribution in [2.75, 3.05) is 13.1 Å². The molecule has 0 aromatic heterocycles. The van der Waals surface area contributed by atoms with Crippen LogP contribution in [-0.2, 0) is 9.59 Å². The fourth-order valence-electron chi connectivity index (χ4n) is 0.703. The van der Waals surface area contributed by atoms with E-state index in [9.17, 15) is 9.59 Å². The molecule has 0 saturated carbocycles. The minimum atomic E-state index is -0.356. The van der Waals surface area contributed by atoms with Crippen molar-refractivity contribution in [1.29, 1.82) is 0 Å². The summed E-state index contributed by atoms with van der Waals surface area (Å²) >= 11 is 0. The number of carbonyl (C=O) groups is 2. The minimum absolute atomic E-state index is 0.151. The lowest BCUT2D eigenvalue weighted by Gasteiger charge is -2.04. The Bertz CT molecular complexity index is 239. The number of amides is 2. The fourth-order valence-corrected chi connectivity index (χ4v) is 0.703. The van der Waals surface area contributed by atoms with Crippen molar-refractivity contribution >= 4 is 17.6 Å². The lowest BCUT2D eigenvalue weighted by Crippen LogP contribution is -2.35. The average molecular weight is 202 g/mol. The zero-order valence-electron chi connectivity index (χ0n) is 7.91. The summed E-state index contributed by atoms with van der Waals surface area (Å²) in [5.41, 5.74) is 5.10. The summed E-state index contributed by atoms with van der Waals surface area (Å²) < 4.78 is 0. The SMILES string of the molecule is CC(=O)NCCNC(=O)C/C(N)=N/O. The second-order valence-electron chi connectivity index (χ2n) is 2.60. The van der Waals surface area contributed by atoms with Gasteiger partial charge < -0.3 is 21.6 Å². The predicted molar refractivity (Wildman–Crippen MR) is 49.7 cm³/mol. The molecule has 0 spiro atoms. The van der Waals surface area contributed by atoms with Gasteiger partial charge in [-0.3, -0.25) is 9.59 Å². The predicted octanol–water partition coefficient (Wildman–Crippen LogP) is -1.62. The van der Waals surface area contributed by atoms with Crippen molar-refractivity contribution in [1.82, 2.24) is 10.6 Å². The summed E-state index contributed by atoms with van der Waals surface area (Å²) in [6.07, 6.45) is -0.156. The zero-order valence-corrected chi connectivity index (χ0v) is 7.91. The highest BCUT2D eigenvalue weighted by molar-refractivity contribution is 5.98. The molecule has 2 amide bonds. The van der Waals surface area contributed by atoms with Gasteiger partial charge in [0.05, 0.1) is 6.42 Å². The number of nitrogens with two attached hydrogens (primary N) is 1. The topological polar surface area (TPSA) is 117 Å². The van der Waals surface area contributed by atoms with Crippen LogP contribution in [0.15, 0.2) is 5.16 Å². The fraction of sp³-hybridized carbons (Fsp3) is 0.571. The van der Waals surface area contributed by atoms with Crippen LogP contribution in [0.1, 0.15) is 13.3 Å². The number of hydrogen-bond acceptors (Lipinski definition) is 4. The van der Waals surface area contributed by atoms with Gasteiger partial charge in [-0.05, 0) is 0 Å². The Morgan fingerprint density at radius 2 is 1.93 bits per heavy atom. The van der Waals surface area contributed by atoms with Crippen LogP contribution in [0.4, 0.5) is 0 Å². The molecule has 0 fully saturated rings. The quantitative estimate of drug-likeness (QED) is 0.141. The molecule has 0 saturated heterocycles. The summed E-state index contributed by atoms with van der Waals surface area (Å²) in [6.45, 7) is 2.06. The molecule has 5 N–H and O–H groups in total. The Kier molecular flexibility index (Phi) is 5.84. The van der Waals surface area contributed by atoms with E-state index in [1.54, 1.807) is 0 Å². The standard InChI is InChI=1S/C7H14N4O3/c1-5(12)9-2-3-10-7(13)4-6(8)11-14/h14H,2-4H2,1H3,(H2,8,11)(H,9,12)(H,10,13). The van der Waals surface area contributed by atoms with Gasteiger partial charge in [-0.1, -0.05) is 5.16 Å². The third kappa shape index (κ3) is 6.89. The molecule has 0 atom stereocenters. The molecule has 0 unspecified atom stereocenters. The molecule has 0 aliphatic rings. The number of rotatable bonds is 5. The molecule has 0 aliphatic carbocycles. The summed E-state index contributed by atoms with van der Waals surface area (Å²) in [6, 6.07) is 0. The Balaban J connectivity index is 3.50. The molecule has 7 nitrogen and oxygen atoms in total. The van der Waals surface area contributed by atoms with Gasteiger partial charge in [0, 0.05) is 20.0 Å². The van der Waals surface area contributed by atoms with Crippen LogP contribution in [0.25, 0.3) is 0 Å². The smallest absolute Gasteiger partial charge is 0.227 e. The van der Waals surface area contributed by atoms with Crippen LogP contribution < -0.4 is 16.4 Å². The van der Waals surface area contributed by atoms with Crippen LogP contribution in [-0.4, -0.2) is 35.9 Å². The van der Waals surface area contributed by atoms with E-state index in [1.165, 1.54) is 6.92 Å². The molecule has 0 aliphatic heterocycles. The Hall–Kier alpha value is -1.79. The molecule has 0 aromatic carbocycles. The Morgan fingerprint density at radius 1 is 1.36 bits per heavy atom. The first-order valence-electron chi connectivity index (χ1n) is 4.03. The van der Waals surface area contributed by atoms with E-state index in [0.29, 0.717) is 13.1 Å². The van der Waals surface area contributed by atoms with Gasteiger partial charge in [0.15, 0.2) is 0 Å². The van der Waals surface area contributed by atoms with E-state index < -0.39 is 0 Å². The summed E-state index contributed by atoms with van der Waals surface area (Å²) in [5.74, 6) is -0.664. The van der Waals surface area contributed by atoms with E-state index in [1.807, 2.05) is 0 Å². The maximum atomic E-state index is 11.0. The maximum absolute atomic E-state index is 11.0. The van der Waals surface area contributed by atoms with Gasteiger partial charge in [-0.25, -0.2) is 0 Å². The van der Waals surface area contributed by atoms with Gasteiger partial charge >= 0.3 is 0 Å². The third-order valence-corrected chi connectivity index (χ3v) is 1.29. The number of nitrogens with zero attached hydrogens (tertiary/aromatic N) is 1. The highest BCUT2D eigenvalue weighted by Gasteiger charge is 2.03. The lowest BCUT2D eigenvalue weighted by atomic mass is 10.4. The van der Waals surface area contributed by atoms with Crippen molar-refractivity contribution in [3.8, 4) is 0 Å². The number of oxime groups is 1. The highest BCUT2D eigenvalue weighted by Crippen LogP contribution is 1.78.